The van der Waals surface area contributed by atoms with E-state index in [0.29, 0.717) is 24.5 Å². The van der Waals surface area contributed by atoms with Crippen molar-refractivity contribution in [2.24, 2.45) is 0 Å². The number of carbonyl (C=O) groups is 1. The molecule has 4 aromatic rings. The number of benzene rings is 4. The maximum Gasteiger partial charge on any atom is 0.305 e. The first-order valence-corrected chi connectivity index (χ1v) is 12.5. The summed E-state index contributed by atoms with van der Waals surface area (Å²) in [7, 11) is 0. The number of ether oxygens (including phenoxy) is 2. The van der Waals surface area contributed by atoms with Gasteiger partial charge in [0.25, 0.3) is 0 Å². The third kappa shape index (κ3) is 6.57. The minimum atomic E-state index is -0.130. The third-order valence-corrected chi connectivity index (χ3v) is 6.13. The van der Waals surface area contributed by atoms with Crippen LogP contribution >= 0.6 is 0 Å². The Morgan fingerprint density at radius 2 is 1.56 bits per heavy atom. The lowest BCUT2D eigenvalue weighted by atomic mass is 9.99. The van der Waals surface area contributed by atoms with Crippen molar-refractivity contribution in [3.8, 4) is 34.1 Å². The van der Waals surface area contributed by atoms with Crippen LogP contribution in [-0.2, 0) is 16.0 Å². The molecule has 0 bridgehead atoms. The molecule has 0 aliphatic rings. The molecule has 0 saturated heterocycles. The van der Waals surface area contributed by atoms with Crippen LogP contribution in [0.2, 0.25) is 0 Å². The van der Waals surface area contributed by atoms with E-state index in [1.54, 1.807) is 24.3 Å². The minimum absolute atomic E-state index is 0.130. The Morgan fingerprint density at radius 1 is 0.806 bits per heavy atom. The van der Waals surface area contributed by atoms with E-state index in [-0.39, 0.29) is 17.5 Å². The molecule has 0 unspecified atom stereocenters. The SMILES string of the molecule is CCCCCOC(=O)CCCc1ccc(Oc2c(-c3ccc(O)cc3)ccc3cc(O)ccc23)cc1. The zero-order chi connectivity index (χ0) is 25.3. The number of phenolic OH excluding ortho intramolecular Hbond substituents is 2. The second kappa shape index (κ2) is 12.1. The molecule has 0 heterocycles. The molecule has 0 atom stereocenters. The van der Waals surface area contributed by atoms with Gasteiger partial charge in [-0.25, -0.2) is 0 Å². The van der Waals surface area contributed by atoms with Crippen LogP contribution < -0.4 is 4.74 Å². The molecule has 0 fully saturated rings. The summed E-state index contributed by atoms with van der Waals surface area (Å²) in [6.07, 6.45) is 5.07. The van der Waals surface area contributed by atoms with Gasteiger partial charge in [0.05, 0.1) is 6.61 Å². The smallest absolute Gasteiger partial charge is 0.305 e. The maximum absolute atomic E-state index is 11.9. The normalized spacial score (nSPS) is 10.9. The van der Waals surface area contributed by atoms with E-state index in [1.165, 1.54) is 0 Å². The molecule has 0 radical (unpaired) electrons. The monoisotopic (exact) mass is 484 g/mol. The van der Waals surface area contributed by atoms with Crippen LogP contribution in [0.4, 0.5) is 0 Å². The number of aryl methyl sites for hydroxylation is 1. The predicted octanol–water partition coefficient (Wildman–Crippen LogP) is 7.77. The van der Waals surface area contributed by atoms with Crippen LogP contribution in [0.15, 0.2) is 78.9 Å². The second-order valence-electron chi connectivity index (χ2n) is 8.92. The van der Waals surface area contributed by atoms with Gasteiger partial charge in [-0.3, -0.25) is 4.79 Å². The lowest BCUT2D eigenvalue weighted by Gasteiger charge is -2.15. The number of phenols is 2. The predicted molar refractivity (Wildman–Crippen MR) is 143 cm³/mol. The lowest BCUT2D eigenvalue weighted by Crippen LogP contribution is -2.06. The highest BCUT2D eigenvalue weighted by Crippen LogP contribution is 2.40. The molecule has 36 heavy (non-hydrogen) atoms. The minimum Gasteiger partial charge on any atom is -0.508 e. The Morgan fingerprint density at radius 3 is 2.31 bits per heavy atom. The summed E-state index contributed by atoms with van der Waals surface area (Å²) >= 11 is 0. The van der Waals surface area contributed by atoms with Gasteiger partial charge in [0.1, 0.15) is 23.0 Å². The fourth-order valence-corrected chi connectivity index (χ4v) is 4.16. The van der Waals surface area contributed by atoms with Crippen molar-refractivity contribution in [3.05, 3.63) is 84.4 Å². The van der Waals surface area contributed by atoms with Gasteiger partial charge in [-0.05, 0) is 84.3 Å². The molecular weight excluding hydrogens is 452 g/mol. The fourth-order valence-electron chi connectivity index (χ4n) is 4.16. The first-order chi connectivity index (χ1) is 17.5. The molecule has 0 saturated carbocycles. The Kier molecular flexibility index (Phi) is 8.45. The summed E-state index contributed by atoms with van der Waals surface area (Å²) < 4.78 is 11.7. The summed E-state index contributed by atoms with van der Waals surface area (Å²) in [6.45, 7) is 2.64. The summed E-state index contributed by atoms with van der Waals surface area (Å²) in [5.41, 5.74) is 2.92. The van der Waals surface area contributed by atoms with Gasteiger partial charge in [0.2, 0.25) is 0 Å². The fraction of sp³-hybridized carbons (Fsp3) is 0.258. The number of aromatic hydroxyl groups is 2. The van der Waals surface area contributed by atoms with Gasteiger partial charge in [-0.15, -0.1) is 0 Å². The van der Waals surface area contributed by atoms with E-state index in [4.69, 9.17) is 9.47 Å². The molecule has 0 spiro atoms. The van der Waals surface area contributed by atoms with Crippen LogP contribution in [0.3, 0.4) is 0 Å². The Labute approximate surface area is 211 Å². The van der Waals surface area contributed by atoms with Gasteiger partial charge in [-0.1, -0.05) is 50.1 Å². The Hall–Kier alpha value is -3.99. The molecule has 0 aliphatic carbocycles. The zero-order valence-electron chi connectivity index (χ0n) is 20.6. The van der Waals surface area contributed by atoms with Crippen molar-refractivity contribution < 1.29 is 24.5 Å². The summed E-state index contributed by atoms with van der Waals surface area (Å²) in [5, 5.41) is 21.4. The van der Waals surface area contributed by atoms with Crippen molar-refractivity contribution in [2.75, 3.05) is 6.61 Å². The average Bonchev–Trinajstić information content (AvgIpc) is 2.88. The molecule has 186 valence electrons. The summed E-state index contributed by atoms with van der Waals surface area (Å²) in [5.74, 6) is 1.63. The van der Waals surface area contributed by atoms with Crippen LogP contribution in [0.25, 0.3) is 21.9 Å². The van der Waals surface area contributed by atoms with E-state index in [0.717, 1.165) is 59.6 Å². The van der Waals surface area contributed by atoms with Crippen LogP contribution in [0.5, 0.6) is 23.0 Å². The van der Waals surface area contributed by atoms with Crippen molar-refractivity contribution in [1.29, 1.82) is 0 Å². The highest BCUT2D eigenvalue weighted by atomic mass is 16.5. The largest absolute Gasteiger partial charge is 0.508 e. The second-order valence-corrected chi connectivity index (χ2v) is 8.92. The highest BCUT2D eigenvalue weighted by molar-refractivity contribution is 5.96. The van der Waals surface area contributed by atoms with Crippen LogP contribution in [-0.4, -0.2) is 22.8 Å². The Bertz CT molecular complexity index is 1290. The standard InChI is InChI=1S/C31H32O5/c1-2-3-4-20-35-30(34)7-5-6-22-8-16-27(17-9-22)36-31-28(23-10-13-25(32)14-11-23)18-12-24-21-26(33)15-19-29(24)31/h8-19,21,32-33H,2-7,20H2,1H3. The lowest BCUT2D eigenvalue weighted by molar-refractivity contribution is -0.143. The molecule has 4 rings (SSSR count). The van der Waals surface area contributed by atoms with E-state index in [9.17, 15) is 15.0 Å². The van der Waals surface area contributed by atoms with Gasteiger partial charge in [0, 0.05) is 17.4 Å². The quantitative estimate of drug-likeness (QED) is 0.168. The van der Waals surface area contributed by atoms with Gasteiger partial charge in [-0.2, -0.15) is 0 Å². The van der Waals surface area contributed by atoms with E-state index >= 15 is 0 Å². The topological polar surface area (TPSA) is 76.0 Å². The van der Waals surface area contributed by atoms with E-state index in [2.05, 4.69) is 6.92 Å². The van der Waals surface area contributed by atoms with Crippen molar-refractivity contribution in [2.45, 2.75) is 45.4 Å². The molecule has 4 aromatic carbocycles. The van der Waals surface area contributed by atoms with Gasteiger partial charge in [0.15, 0.2) is 0 Å². The number of fused-ring (bicyclic) bond motifs is 1. The average molecular weight is 485 g/mol. The summed E-state index contributed by atoms with van der Waals surface area (Å²) in [4.78, 5) is 11.9. The van der Waals surface area contributed by atoms with Gasteiger partial charge >= 0.3 is 5.97 Å². The zero-order valence-corrected chi connectivity index (χ0v) is 20.6. The van der Waals surface area contributed by atoms with Crippen LogP contribution in [0.1, 0.15) is 44.6 Å². The van der Waals surface area contributed by atoms with E-state index < -0.39 is 0 Å². The highest BCUT2D eigenvalue weighted by Gasteiger charge is 2.13. The molecule has 0 amide bonds. The maximum atomic E-state index is 11.9. The van der Waals surface area contributed by atoms with Crippen molar-refractivity contribution >= 4 is 16.7 Å². The molecule has 5 heteroatoms. The first-order valence-electron chi connectivity index (χ1n) is 12.5. The third-order valence-electron chi connectivity index (χ3n) is 6.13. The molecule has 0 aliphatic heterocycles. The summed E-state index contributed by atoms with van der Waals surface area (Å²) in [6, 6.07) is 24.0. The van der Waals surface area contributed by atoms with E-state index in [1.807, 2.05) is 54.6 Å². The molecule has 5 nitrogen and oxygen atoms in total. The number of rotatable bonds is 11. The van der Waals surface area contributed by atoms with Gasteiger partial charge < -0.3 is 19.7 Å². The molecular formula is C31H32O5. The number of esters is 1. The van der Waals surface area contributed by atoms with Crippen molar-refractivity contribution in [1.82, 2.24) is 0 Å². The molecule has 2 N–H and O–H groups in total. The number of carbonyl (C=O) groups excluding carboxylic acids is 1. The number of hydrogen-bond acceptors (Lipinski definition) is 5. The molecule has 0 aromatic heterocycles. The number of unbranched alkanes of at least 4 members (excludes halogenated alkanes) is 2. The first kappa shape index (κ1) is 25.1. The van der Waals surface area contributed by atoms with Crippen molar-refractivity contribution in [3.63, 3.8) is 0 Å². The number of hydrogen-bond donors (Lipinski definition) is 2. The Balaban J connectivity index is 1.47. The van der Waals surface area contributed by atoms with Crippen LogP contribution in [0, 0.1) is 0 Å².